The molecule has 0 bridgehead atoms. The molecule has 0 saturated carbocycles. The summed E-state index contributed by atoms with van der Waals surface area (Å²) in [5.74, 6) is 0.832. The van der Waals surface area contributed by atoms with Crippen LogP contribution in [0, 0.1) is 5.92 Å². The quantitative estimate of drug-likeness (QED) is 0.727. The molecule has 2 saturated heterocycles. The summed E-state index contributed by atoms with van der Waals surface area (Å²) in [6, 6.07) is 2.40. The number of rotatable bonds is 3. The fourth-order valence-corrected chi connectivity index (χ4v) is 3.43. The lowest BCUT2D eigenvalue weighted by Gasteiger charge is -2.46. The normalized spacial score (nSPS) is 32.6. The first-order valence-corrected chi connectivity index (χ1v) is 7.07. The Morgan fingerprint density at radius 3 is 2.50 bits per heavy atom. The summed E-state index contributed by atoms with van der Waals surface area (Å²) < 4.78 is 0. The van der Waals surface area contributed by atoms with Gasteiger partial charge in [-0.2, -0.15) is 0 Å². The average molecular weight is 224 g/mol. The van der Waals surface area contributed by atoms with Crippen molar-refractivity contribution < 1.29 is 0 Å². The summed E-state index contributed by atoms with van der Waals surface area (Å²) in [5.41, 5.74) is 0. The molecule has 0 amide bonds. The molecule has 0 aromatic rings. The molecular weight excluding hydrogens is 196 g/mol. The average Bonchev–Trinajstić information content (AvgIpc) is 2.64. The molecule has 2 rings (SSSR count). The van der Waals surface area contributed by atoms with E-state index in [2.05, 4.69) is 37.5 Å². The second-order valence-electron chi connectivity index (χ2n) is 6.36. The second-order valence-corrected chi connectivity index (χ2v) is 6.36. The molecule has 2 aliphatic rings. The number of hydrogen-bond acceptors (Lipinski definition) is 2. The Kier molecular flexibility index (Phi) is 3.91. The van der Waals surface area contributed by atoms with Crippen LogP contribution < -0.4 is 0 Å². The molecule has 2 fully saturated rings. The van der Waals surface area contributed by atoms with Crippen molar-refractivity contribution in [3.8, 4) is 0 Å². The van der Waals surface area contributed by atoms with Crippen molar-refractivity contribution in [2.24, 2.45) is 5.92 Å². The summed E-state index contributed by atoms with van der Waals surface area (Å²) in [5, 5.41) is 0. The summed E-state index contributed by atoms with van der Waals surface area (Å²) in [4.78, 5) is 5.50. The lowest BCUT2D eigenvalue weighted by molar-refractivity contribution is 0.0250. The van der Waals surface area contributed by atoms with Gasteiger partial charge in [-0.1, -0.05) is 13.8 Å². The van der Waals surface area contributed by atoms with Crippen molar-refractivity contribution in [3.05, 3.63) is 0 Å². The second kappa shape index (κ2) is 5.05. The van der Waals surface area contributed by atoms with E-state index in [1.54, 1.807) is 0 Å². The van der Waals surface area contributed by atoms with Crippen LogP contribution in [0.15, 0.2) is 0 Å². The van der Waals surface area contributed by atoms with Gasteiger partial charge in [0.1, 0.15) is 0 Å². The SMILES string of the molecule is CC(C)CC1CN(C(C)C)CC2CCCN21. The Morgan fingerprint density at radius 1 is 1.12 bits per heavy atom. The minimum absolute atomic E-state index is 0.720. The highest BCUT2D eigenvalue weighted by Crippen LogP contribution is 2.29. The van der Waals surface area contributed by atoms with Gasteiger partial charge in [-0.15, -0.1) is 0 Å². The molecule has 2 heteroatoms. The first-order valence-electron chi connectivity index (χ1n) is 7.07. The molecule has 94 valence electrons. The Morgan fingerprint density at radius 2 is 1.88 bits per heavy atom. The van der Waals surface area contributed by atoms with Gasteiger partial charge in [0.2, 0.25) is 0 Å². The number of piperazine rings is 1. The monoisotopic (exact) mass is 224 g/mol. The number of hydrogen-bond donors (Lipinski definition) is 0. The lowest BCUT2D eigenvalue weighted by atomic mass is 9.97. The molecule has 2 nitrogen and oxygen atoms in total. The molecule has 0 aromatic heterocycles. The molecule has 0 aliphatic carbocycles. The Bertz CT molecular complexity index is 225. The van der Waals surface area contributed by atoms with Gasteiger partial charge in [0.05, 0.1) is 0 Å². The van der Waals surface area contributed by atoms with Crippen LogP contribution in [-0.4, -0.2) is 47.6 Å². The van der Waals surface area contributed by atoms with Gasteiger partial charge in [0.25, 0.3) is 0 Å². The van der Waals surface area contributed by atoms with Crippen LogP contribution in [0.5, 0.6) is 0 Å². The zero-order valence-electron chi connectivity index (χ0n) is 11.4. The van der Waals surface area contributed by atoms with Gasteiger partial charge in [-0.05, 0) is 45.6 Å². The van der Waals surface area contributed by atoms with Crippen LogP contribution in [0.2, 0.25) is 0 Å². The summed E-state index contributed by atoms with van der Waals surface area (Å²) in [7, 11) is 0. The van der Waals surface area contributed by atoms with Crippen LogP contribution in [0.3, 0.4) is 0 Å². The summed E-state index contributed by atoms with van der Waals surface area (Å²) >= 11 is 0. The molecule has 0 spiro atoms. The summed E-state index contributed by atoms with van der Waals surface area (Å²) in [6.45, 7) is 13.4. The van der Waals surface area contributed by atoms with Crippen molar-refractivity contribution in [2.45, 2.75) is 65.1 Å². The highest BCUT2D eigenvalue weighted by Gasteiger charge is 2.37. The fraction of sp³-hybridized carbons (Fsp3) is 1.00. The first kappa shape index (κ1) is 12.4. The Hall–Kier alpha value is -0.0800. The third kappa shape index (κ3) is 2.60. The van der Waals surface area contributed by atoms with Crippen LogP contribution in [0.25, 0.3) is 0 Å². The van der Waals surface area contributed by atoms with Gasteiger partial charge < -0.3 is 0 Å². The van der Waals surface area contributed by atoms with Gasteiger partial charge in [-0.25, -0.2) is 0 Å². The zero-order chi connectivity index (χ0) is 11.7. The fourth-order valence-electron chi connectivity index (χ4n) is 3.43. The van der Waals surface area contributed by atoms with E-state index in [4.69, 9.17) is 0 Å². The van der Waals surface area contributed by atoms with Crippen LogP contribution in [0.4, 0.5) is 0 Å². The van der Waals surface area contributed by atoms with Crippen molar-refractivity contribution in [1.82, 2.24) is 9.80 Å². The van der Waals surface area contributed by atoms with Crippen LogP contribution in [-0.2, 0) is 0 Å². The van der Waals surface area contributed by atoms with Crippen molar-refractivity contribution in [1.29, 1.82) is 0 Å². The smallest absolute Gasteiger partial charge is 0.0229 e. The first-order chi connectivity index (χ1) is 7.58. The largest absolute Gasteiger partial charge is 0.298 e. The molecule has 16 heavy (non-hydrogen) atoms. The van der Waals surface area contributed by atoms with Crippen LogP contribution in [0.1, 0.15) is 47.0 Å². The van der Waals surface area contributed by atoms with Crippen molar-refractivity contribution in [3.63, 3.8) is 0 Å². The van der Waals surface area contributed by atoms with E-state index in [0.29, 0.717) is 0 Å². The van der Waals surface area contributed by atoms with Crippen LogP contribution >= 0.6 is 0 Å². The molecular formula is C14H28N2. The molecule has 2 heterocycles. The topological polar surface area (TPSA) is 6.48 Å². The molecule has 0 radical (unpaired) electrons. The van der Waals surface area contributed by atoms with Crippen molar-refractivity contribution >= 4 is 0 Å². The Labute approximate surface area is 101 Å². The highest BCUT2D eigenvalue weighted by molar-refractivity contribution is 4.94. The van der Waals surface area contributed by atoms with E-state index in [0.717, 1.165) is 24.0 Å². The number of fused-ring (bicyclic) bond motifs is 1. The minimum atomic E-state index is 0.720. The van der Waals surface area contributed by atoms with Gasteiger partial charge in [-0.3, -0.25) is 9.80 Å². The van der Waals surface area contributed by atoms with Crippen molar-refractivity contribution in [2.75, 3.05) is 19.6 Å². The van der Waals surface area contributed by atoms with Gasteiger partial charge in [0.15, 0.2) is 0 Å². The summed E-state index contributed by atoms with van der Waals surface area (Å²) in [6.07, 6.45) is 4.22. The van der Waals surface area contributed by atoms with Gasteiger partial charge in [0, 0.05) is 31.2 Å². The molecule has 2 unspecified atom stereocenters. The van der Waals surface area contributed by atoms with E-state index in [1.807, 2.05) is 0 Å². The maximum atomic E-state index is 2.80. The van der Waals surface area contributed by atoms with E-state index < -0.39 is 0 Å². The Balaban J connectivity index is 2.02. The molecule has 2 aliphatic heterocycles. The predicted octanol–water partition coefficient (Wildman–Crippen LogP) is 2.59. The molecule has 2 atom stereocenters. The third-order valence-electron chi connectivity index (χ3n) is 4.26. The van der Waals surface area contributed by atoms with E-state index >= 15 is 0 Å². The van der Waals surface area contributed by atoms with E-state index in [-0.39, 0.29) is 0 Å². The van der Waals surface area contributed by atoms with E-state index in [9.17, 15) is 0 Å². The van der Waals surface area contributed by atoms with Gasteiger partial charge >= 0.3 is 0 Å². The molecule has 0 N–H and O–H groups in total. The highest BCUT2D eigenvalue weighted by atomic mass is 15.3. The number of nitrogens with zero attached hydrogens (tertiary/aromatic N) is 2. The zero-order valence-corrected chi connectivity index (χ0v) is 11.4. The standard InChI is InChI=1S/C14H28N2/c1-11(2)8-14-10-15(12(3)4)9-13-6-5-7-16(13)14/h11-14H,5-10H2,1-4H3. The lowest BCUT2D eigenvalue weighted by Crippen LogP contribution is -2.57. The van der Waals surface area contributed by atoms with E-state index in [1.165, 1.54) is 38.9 Å². The minimum Gasteiger partial charge on any atom is -0.298 e. The maximum Gasteiger partial charge on any atom is 0.0229 e. The maximum absolute atomic E-state index is 2.80. The third-order valence-corrected chi connectivity index (χ3v) is 4.26. The predicted molar refractivity (Wildman–Crippen MR) is 69.7 cm³/mol. The molecule has 0 aromatic carbocycles.